The van der Waals surface area contributed by atoms with Crippen LogP contribution in [0.3, 0.4) is 0 Å². The second-order valence-corrected chi connectivity index (χ2v) is 5.95. The predicted octanol–water partition coefficient (Wildman–Crippen LogP) is 2.48. The van der Waals surface area contributed by atoms with Crippen LogP contribution >= 0.6 is 0 Å². The molecule has 108 valence electrons. The summed E-state index contributed by atoms with van der Waals surface area (Å²) in [5, 5.41) is 9.60. The normalized spacial score (nSPS) is 15.6. The third-order valence-electron chi connectivity index (χ3n) is 4.14. The van der Waals surface area contributed by atoms with Crippen LogP contribution in [0.4, 0.5) is 0 Å². The van der Waals surface area contributed by atoms with Gasteiger partial charge in [0.25, 0.3) is 0 Å². The highest BCUT2D eigenvalue weighted by Gasteiger charge is 2.33. The summed E-state index contributed by atoms with van der Waals surface area (Å²) in [6.07, 6.45) is 0.908. The lowest BCUT2D eigenvalue weighted by Gasteiger charge is -2.43. The maximum atomic E-state index is 9.60. The summed E-state index contributed by atoms with van der Waals surface area (Å²) >= 11 is 0. The molecule has 19 heavy (non-hydrogen) atoms. The van der Waals surface area contributed by atoms with Gasteiger partial charge in [-0.25, -0.2) is 0 Å². The molecule has 0 aliphatic carbocycles. The highest BCUT2D eigenvalue weighted by molar-refractivity contribution is 5.30. The van der Waals surface area contributed by atoms with E-state index in [9.17, 15) is 5.11 Å². The van der Waals surface area contributed by atoms with Crippen LogP contribution in [0.5, 0.6) is 0 Å². The van der Waals surface area contributed by atoms with Crippen molar-refractivity contribution in [1.82, 2.24) is 4.90 Å². The van der Waals surface area contributed by atoms with Gasteiger partial charge < -0.3 is 10.8 Å². The summed E-state index contributed by atoms with van der Waals surface area (Å²) in [6, 6.07) is 8.52. The Bertz CT molecular complexity index is 403. The van der Waals surface area contributed by atoms with E-state index in [2.05, 4.69) is 36.9 Å². The minimum Gasteiger partial charge on any atom is -0.394 e. The summed E-state index contributed by atoms with van der Waals surface area (Å²) in [5.41, 5.74) is 8.55. The van der Waals surface area contributed by atoms with Crippen molar-refractivity contribution >= 4 is 0 Å². The van der Waals surface area contributed by atoms with E-state index in [1.54, 1.807) is 0 Å². The summed E-state index contributed by atoms with van der Waals surface area (Å²) < 4.78 is 0. The highest BCUT2D eigenvalue weighted by Crippen LogP contribution is 2.31. The fourth-order valence-electron chi connectivity index (χ4n) is 2.36. The van der Waals surface area contributed by atoms with E-state index in [-0.39, 0.29) is 24.2 Å². The first-order valence-electron chi connectivity index (χ1n) is 7.00. The van der Waals surface area contributed by atoms with Crippen LogP contribution in [0.15, 0.2) is 24.3 Å². The van der Waals surface area contributed by atoms with Gasteiger partial charge in [0, 0.05) is 11.6 Å². The number of hydrogen-bond donors (Lipinski definition) is 2. The first-order valence-corrected chi connectivity index (χ1v) is 7.00. The molecular formula is C16H28N2O. The van der Waals surface area contributed by atoms with Crippen LogP contribution in [0.2, 0.25) is 0 Å². The first kappa shape index (κ1) is 16.2. The zero-order valence-corrected chi connectivity index (χ0v) is 12.9. The van der Waals surface area contributed by atoms with E-state index >= 15 is 0 Å². The highest BCUT2D eigenvalue weighted by atomic mass is 16.3. The van der Waals surface area contributed by atoms with E-state index in [0.717, 1.165) is 6.42 Å². The number of likely N-dealkylation sites (N-methyl/N-ethyl adjacent to an activating group) is 1. The Morgan fingerprint density at radius 1 is 1.32 bits per heavy atom. The smallest absolute Gasteiger partial charge is 0.0610 e. The number of aliphatic hydroxyl groups is 1. The van der Waals surface area contributed by atoms with E-state index in [4.69, 9.17) is 5.73 Å². The molecular weight excluding hydrogens is 236 g/mol. The Hall–Kier alpha value is -0.900. The van der Waals surface area contributed by atoms with Gasteiger partial charge in [0.15, 0.2) is 0 Å². The molecule has 0 saturated carbocycles. The van der Waals surface area contributed by atoms with Gasteiger partial charge in [-0.15, -0.1) is 0 Å². The van der Waals surface area contributed by atoms with Gasteiger partial charge in [-0.1, -0.05) is 31.2 Å². The zero-order valence-electron chi connectivity index (χ0n) is 12.9. The van der Waals surface area contributed by atoms with E-state index in [1.807, 2.05) is 27.0 Å². The van der Waals surface area contributed by atoms with Crippen LogP contribution in [0, 0.1) is 6.92 Å². The lowest BCUT2D eigenvalue weighted by atomic mass is 9.89. The van der Waals surface area contributed by atoms with Crippen molar-refractivity contribution in [2.24, 2.45) is 5.73 Å². The third-order valence-corrected chi connectivity index (χ3v) is 4.14. The van der Waals surface area contributed by atoms with E-state index in [1.165, 1.54) is 11.1 Å². The SMILES string of the molecule is CCC(N)C(c1ccccc1C)N(C)C(C)(C)CO. The van der Waals surface area contributed by atoms with E-state index < -0.39 is 0 Å². The molecule has 3 nitrogen and oxygen atoms in total. The molecule has 0 aliphatic rings. The summed E-state index contributed by atoms with van der Waals surface area (Å²) in [5.74, 6) is 0. The molecule has 1 aromatic rings. The van der Waals surface area contributed by atoms with Crippen molar-refractivity contribution in [3.05, 3.63) is 35.4 Å². The van der Waals surface area contributed by atoms with Crippen LogP contribution < -0.4 is 5.73 Å². The largest absolute Gasteiger partial charge is 0.394 e. The minimum absolute atomic E-state index is 0.0527. The van der Waals surface area contributed by atoms with Gasteiger partial charge in [-0.05, 0) is 45.4 Å². The van der Waals surface area contributed by atoms with Crippen LogP contribution in [0.1, 0.15) is 44.4 Å². The van der Waals surface area contributed by atoms with Crippen molar-refractivity contribution in [1.29, 1.82) is 0 Å². The number of aliphatic hydroxyl groups excluding tert-OH is 1. The molecule has 0 aromatic heterocycles. The molecule has 0 bridgehead atoms. The number of benzene rings is 1. The number of nitrogens with two attached hydrogens (primary N) is 1. The average Bonchev–Trinajstić information content (AvgIpc) is 2.40. The zero-order chi connectivity index (χ0) is 14.6. The second kappa shape index (κ2) is 6.51. The average molecular weight is 264 g/mol. The second-order valence-electron chi connectivity index (χ2n) is 5.95. The lowest BCUT2D eigenvalue weighted by molar-refractivity contribution is 0.0343. The minimum atomic E-state index is -0.292. The topological polar surface area (TPSA) is 49.5 Å². The van der Waals surface area contributed by atoms with Crippen molar-refractivity contribution in [3.63, 3.8) is 0 Å². The molecule has 0 heterocycles. The predicted molar refractivity (Wildman–Crippen MR) is 81.1 cm³/mol. The Balaban J connectivity index is 3.20. The Kier molecular flexibility index (Phi) is 5.53. The molecule has 2 atom stereocenters. The number of rotatable bonds is 6. The number of aryl methyl sites for hydroxylation is 1. The fraction of sp³-hybridized carbons (Fsp3) is 0.625. The van der Waals surface area contributed by atoms with Crippen molar-refractivity contribution in [2.75, 3.05) is 13.7 Å². The van der Waals surface area contributed by atoms with Crippen LogP contribution in [-0.2, 0) is 0 Å². The molecule has 3 heteroatoms. The van der Waals surface area contributed by atoms with Gasteiger partial charge in [0.2, 0.25) is 0 Å². The maximum Gasteiger partial charge on any atom is 0.0610 e. The summed E-state index contributed by atoms with van der Waals surface area (Å²) in [4.78, 5) is 2.20. The summed E-state index contributed by atoms with van der Waals surface area (Å²) in [7, 11) is 2.04. The molecule has 0 radical (unpaired) electrons. The molecule has 1 rings (SSSR count). The Labute approximate surface area is 117 Å². The van der Waals surface area contributed by atoms with Gasteiger partial charge in [-0.3, -0.25) is 4.90 Å². The first-order chi connectivity index (χ1) is 8.85. The van der Waals surface area contributed by atoms with E-state index in [0.29, 0.717) is 0 Å². The number of nitrogens with zero attached hydrogens (tertiary/aromatic N) is 1. The Morgan fingerprint density at radius 3 is 2.37 bits per heavy atom. The molecule has 3 N–H and O–H groups in total. The molecule has 0 saturated heterocycles. The quantitative estimate of drug-likeness (QED) is 0.830. The van der Waals surface area contributed by atoms with Crippen molar-refractivity contribution in [3.8, 4) is 0 Å². The third kappa shape index (κ3) is 3.56. The van der Waals surface area contributed by atoms with Crippen LogP contribution in [-0.4, -0.2) is 35.2 Å². The van der Waals surface area contributed by atoms with Gasteiger partial charge in [0.05, 0.1) is 12.6 Å². The number of hydrogen-bond acceptors (Lipinski definition) is 3. The van der Waals surface area contributed by atoms with Crippen molar-refractivity contribution < 1.29 is 5.11 Å². The Morgan fingerprint density at radius 2 is 1.89 bits per heavy atom. The molecule has 0 aliphatic heterocycles. The maximum absolute atomic E-state index is 9.60. The van der Waals surface area contributed by atoms with Gasteiger partial charge in [-0.2, -0.15) is 0 Å². The standard InChI is InChI=1S/C16H28N2O/c1-6-14(17)15(18(5)16(3,4)11-19)13-10-8-7-9-12(13)2/h7-10,14-15,19H,6,11,17H2,1-5H3. The lowest BCUT2D eigenvalue weighted by Crippen LogP contribution is -2.51. The van der Waals surface area contributed by atoms with Crippen molar-refractivity contribution in [2.45, 2.75) is 51.7 Å². The molecule has 0 amide bonds. The van der Waals surface area contributed by atoms with Gasteiger partial charge in [0.1, 0.15) is 0 Å². The van der Waals surface area contributed by atoms with Gasteiger partial charge >= 0.3 is 0 Å². The molecule has 1 aromatic carbocycles. The monoisotopic (exact) mass is 264 g/mol. The fourth-order valence-corrected chi connectivity index (χ4v) is 2.36. The molecule has 0 fully saturated rings. The molecule has 0 spiro atoms. The van der Waals surface area contributed by atoms with Crippen LogP contribution in [0.25, 0.3) is 0 Å². The summed E-state index contributed by atoms with van der Waals surface area (Å²) in [6.45, 7) is 8.42. The molecule has 2 unspecified atom stereocenters.